The molecule has 0 saturated carbocycles. The fraction of sp³-hybridized carbons (Fsp3) is 0.250. The molecule has 0 aliphatic rings. The van der Waals surface area contributed by atoms with Crippen molar-refractivity contribution in [1.29, 1.82) is 0 Å². The average Bonchev–Trinajstić information content (AvgIpc) is 2.06. The van der Waals surface area contributed by atoms with Crippen molar-refractivity contribution >= 4 is 11.6 Å². The Morgan fingerprint density at radius 2 is 1.86 bits per heavy atom. The van der Waals surface area contributed by atoms with Gasteiger partial charge in [-0.05, 0) is 23.8 Å². The molecule has 1 nitrogen and oxygen atoms in total. The molecule has 78 valence electrons. The van der Waals surface area contributed by atoms with Gasteiger partial charge in [0.05, 0.1) is 0 Å². The van der Waals surface area contributed by atoms with E-state index in [2.05, 4.69) is 0 Å². The van der Waals surface area contributed by atoms with Gasteiger partial charge in [0, 0.05) is 5.02 Å². The fourth-order valence-electron chi connectivity index (χ4n) is 0.929. The van der Waals surface area contributed by atoms with Crippen LogP contribution in [0.2, 0.25) is 5.02 Å². The Kier molecular flexibility index (Phi) is 3.01. The summed E-state index contributed by atoms with van der Waals surface area (Å²) in [6.07, 6.45) is -4.63. The van der Waals surface area contributed by atoms with E-state index < -0.39 is 23.6 Å². The third-order valence-electron chi connectivity index (χ3n) is 1.65. The molecule has 1 atom stereocenters. The summed E-state index contributed by atoms with van der Waals surface area (Å²) in [5.41, 5.74) is 4.41. The quantitative estimate of drug-likeness (QED) is 0.734. The molecule has 0 aromatic heterocycles. The molecule has 0 amide bonds. The summed E-state index contributed by atoms with van der Waals surface area (Å²) in [5, 5.41) is -0.198. The lowest BCUT2D eigenvalue weighted by atomic mass is 10.1. The van der Waals surface area contributed by atoms with Crippen LogP contribution in [-0.4, -0.2) is 6.18 Å². The van der Waals surface area contributed by atoms with E-state index in [1.165, 1.54) is 0 Å². The van der Waals surface area contributed by atoms with E-state index >= 15 is 0 Å². The van der Waals surface area contributed by atoms with Crippen molar-refractivity contribution in [3.8, 4) is 0 Å². The van der Waals surface area contributed by atoms with Crippen LogP contribution in [0.3, 0.4) is 0 Å². The molecule has 14 heavy (non-hydrogen) atoms. The highest BCUT2D eigenvalue weighted by atomic mass is 35.5. The van der Waals surface area contributed by atoms with E-state index in [4.69, 9.17) is 17.3 Å². The molecular formula is C8H6ClF4N. The standard InChI is InChI=1S/C8H6ClF4N/c9-6-2-1-4(10)3-5(6)7(14)8(11,12)13/h1-3,7H,14H2. The van der Waals surface area contributed by atoms with Crippen LogP contribution >= 0.6 is 11.6 Å². The van der Waals surface area contributed by atoms with Gasteiger partial charge in [0.15, 0.2) is 0 Å². The molecule has 1 rings (SSSR count). The molecule has 0 aliphatic carbocycles. The molecule has 0 saturated heterocycles. The summed E-state index contributed by atoms with van der Waals surface area (Å²) in [5.74, 6) is -0.802. The average molecular weight is 228 g/mol. The second-order valence-electron chi connectivity index (χ2n) is 2.69. The maximum Gasteiger partial charge on any atom is 0.407 e. The molecule has 2 N–H and O–H groups in total. The van der Waals surface area contributed by atoms with Gasteiger partial charge >= 0.3 is 6.18 Å². The topological polar surface area (TPSA) is 26.0 Å². The Morgan fingerprint density at radius 1 is 1.29 bits per heavy atom. The molecule has 0 heterocycles. The highest BCUT2D eigenvalue weighted by Crippen LogP contribution is 2.34. The van der Waals surface area contributed by atoms with Crippen molar-refractivity contribution in [2.45, 2.75) is 12.2 Å². The van der Waals surface area contributed by atoms with Gasteiger partial charge < -0.3 is 5.73 Å². The Labute approximate surface area is 82.5 Å². The summed E-state index contributed by atoms with van der Waals surface area (Å²) >= 11 is 5.45. The van der Waals surface area contributed by atoms with Crippen LogP contribution in [0.4, 0.5) is 17.6 Å². The van der Waals surface area contributed by atoms with Gasteiger partial charge in [0.1, 0.15) is 11.9 Å². The van der Waals surface area contributed by atoms with Crippen molar-refractivity contribution in [3.05, 3.63) is 34.6 Å². The van der Waals surface area contributed by atoms with Crippen molar-refractivity contribution < 1.29 is 17.6 Å². The molecule has 0 spiro atoms. The number of alkyl halides is 3. The molecule has 0 fully saturated rings. The number of benzene rings is 1. The predicted octanol–water partition coefficient (Wildman–Crippen LogP) is 3.04. The monoisotopic (exact) mass is 227 g/mol. The van der Waals surface area contributed by atoms with Crippen LogP contribution in [0, 0.1) is 5.82 Å². The normalized spacial score (nSPS) is 14.1. The van der Waals surface area contributed by atoms with E-state index in [9.17, 15) is 17.6 Å². The lowest BCUT2D eigenvalue weighted by Crippen LogP contribution is -2.28. The summed E-state index contributed by atoms with van der Waals surface area (Å²) in [6.45, 7) is 0. The van der Waals surface area contributed by atoms with Gasteiger partial charge in [0.25, 0.3) is 0 Å². The van der Waals surface area contributed by atoms with E-state index in [1.54, 1.807) is 0 Å². The first-order valence-corrected chi connectivity index (χ1v) is 3.97. The first-order valence-electron chi connectivity index (χ1n) is 3.59. The van der Waals surface area contributed by atoms with Gasteiger partial charge in [-0.1, -0.05) is 11.6 Å². The maximum absolute atomic E-state index is 12.6. The second-order valence-corrected chi connectivity index (χ2v) is 3.09. The van der Waals surface area contributed by atoms with Crippen LogP contribution in [-0.2, 0) is 0 Å². The van der Waals surface area contributed by atoms with Crippen molar-refractivity contribution in [2.24, 2.45) is 5.73 Å². The van der Waals surface area contributed by atoms with E-state index in [1.807, 2.05) is 0 Å². The molecule has 6 heteroatoms. The third-order valence-corrected chi connectivity index (χ3v) is 1.99. The summed E-state index contributed by atoms with van der Waals surface area (Å²) < 4.78 is 49.0. The number of hydrogen-bond acceptors (Lipinski definition) is 1. The third kappa shape index (κ3) is 2.36. The van der Waals surface area contributed by atoms with Crippen molar-refractivity contribution in [2.75, 3.05) is 0 Å². The highest BCUT2D eigenvalue weighted by Gasteiger charge is 2.39. The highest BCUT2D eigenvalue weighted by molar-refractivity contribution is 6.31. The zero-order chi connectivity index (χ0) is 10.9. The predicted molar refractivity (Wildman–Crippen MR) is 44.4 cm³/mol. The van der Waals surface area contributed by atoms with Gasteiger partial charge in [-0.25, -0.2) is 4.39 Å². The summed E-state index contributed by atoms with van der Waals surface area (Å²) in [7, 11) is 0. The first-order chi connectivity index (χ1) is 6.32. The molecule has 0 radical (unpaired) electrons. The van der Waals surface area contributed by atoms with Gasteiger partial charge in [-0.2, -0.15) is 13.2 Å². The smallest absolute Gasteiger partial charge is 0.316 e. The van der Waals surface area contributed by atoms with Gasteiger partial charge in [-0.15, -0.1) is 0 Å². The largest absolute Gasteiger partial charge is 0.407 e. The van der Waals surface area contributed by atoms with Crippen LogP contribution in [0.1, 0.15) is 11.6 Å². The number of nitrogens with two attached hydrogens (primary N) is 1. The maximum atomic E-state index is 12.6. The van der Waals surface area contributed by atoms with Crippen LogP contribution in [0.15, 0.2) is 18.2 Å². The molecule has 1 aromatic carbocycles. The van der Waals surface area contributed by atoms with E-state index in [-0.39, 0.29) is 5.02 Å². The molecule has 1 aromatic rings. The van der Waals surface area contributed by atoms with Crippen LogP contribution < -0.4 is 5.73 Å². The van der Waals surface area contributed by atoms with Crippen molar-refractivity contribution in [3.63, 3.8) is 0 Å². The SMILES string of the molecule is NC(c1cc(F)ccc1Cl)C(F)(F)F. The second kappa shape index (κ2) is 3.74. The first kappa shape index (κ1) is 11.3. The molecular weight excluding hydrogens is 222 g/mol. The summed E-state index contributed by atoms with van der Waals surface area (Å²) in [4.78, 5) is 0. The minimum atomic E-state index is -4.63. The van der Waals surface area contributed by atoms with Crippen LogP contribution in [0.25, 0.3) is 0 Å². The molecule has 0 aliphatic heterocycles. The van der Waals surface area contributed by atoms with E-state index in [0.29, 0.717) is 6.07 Å². The van der Waals surface area contributed by atoms with Crippen molar-refractivity contribution in [1.82, 2.24) is 0 Å². The molecule has 1 unspecified atom stereocenters. The summed E-state index contributed by atoms with van der Waals surface area (Å²) in [6, 6.07) is 0.429. The number of halogens is 5. The Bertz CT molecular complexity index is 337. The molecule has 0 bridgehead atoms. The van der Waals surface area contributed by atoms with Gasteiger partial charge in [0.2, 0.25) is 0 Å². The Morgan fingerprint density at radius 3 is 2.36 bits per heavy atom. The minimum absolute atomic E-state index is 0.198. The zero-order valence-electron chi connectivity index (χ0n) is 6.78. The Hall–Kier alpha value is -0.810. The Balaban J connectivity index is 3.12. The number of hydrogen-bond donors (Lipinski definition) is 1. The minimum Gasteiger partial charge on any atom is -0.316 e. The fourth-order valence-corrected chi connectivity index (χ4v) is 1.16. The van der Waals surface area contributed by atoms with E-state index in [0.717, 1.165) is 12.1 Å². The lowest BCUT2D eigenvalue weighted by Gasteiger charge is -2.16. The zero-order valence-corrected chi connectivity index (χ0v) is 7.53. The number of rotatable bonds is 1. The van der Waals surface area contributed by atoms with Crippen LogP contribution in [0.5, 0.6) is 0 Å². The van der Waals surface area contributed by atoms with Gasteiger partial charge in [-0.3, -0.25) is 0 Å². The lowest BCUT2D eigenvalue weighted by molar-refractivity contribution is -0.149.